The van der Waals surface area contributed by atoms with Gasteiger partial charge in [0, 0.05) is 29.9 Å². The summed E-state index contributed by atoms with van der Waals surface area (Å²) in [6.45, 7) is 0.593. The van der Waals surface area contributed by atoms with Gasteiger partial charge in [0.2, 0.25) is 5.91 Å². The number of pyridine rings is 1. The molecule has 3 rings (SSSR count). The number of carboxylic acid groups (broad SMARTS) is 1. The largest absolute Gasteiger partial charge is 0.465 e. The van der Waals surface area contributed by atoms with E-state index < -0.39 is 6.09 Å². The maximum Gasteiger partial charge on any atom is 0.407 e. The van der Waals surface area contributed by atoms with Crippen LogP contribution in [0.15, 0.2) is 30.6 Å². The van der Waals surface area contributed by atoms with Crippen LogP contribution in [0.5, 0.6) is 0 Å². The van der Waals surface area contributed by atoms with Gasteiger partial charge in [-0.2, -0.15) is 5.26 Å². The Morgan fingerprint density at radius 2 is 2.16 bits per heavy atom. The second-order valence-electron chi connectivity index (χ2n) is 5.38. The Morgan fingerprint density at radius 1 is 1.40 bits per heavy atom. The normalized spacial score (nSPS) is 13.3. The van der Waals surface area contributed by atoms with Crippen LogP contribution in [0.1, 0.15) is 21.6 Å². The molecule has 0 aromatic carbocycles. The average Bonchev–Trinajstić information content (AvgIpc) is 2.96. The predicted octanol–water partition coefficient (Wildman–Crippen LogP) is 2.70. The first-order chi connectivity index (χ1) is 12.1. The van der Waals surface area contributed by atoms with Gasteiger partial charge in [0.1, 0.15) is 11.1 Å². The molecule has 0 fully saturated rings. The van der Waals surface area contributed by atoms with E-state index in [1.165, 1.54) is 22.3 Å². The minimum atomic E-state index is -0.983. The first kappa shape index (κ1) is 16.7. The summed E-state index contributed by atoms with van der Waals surface area (Å²) in [5.41, 5.74) is 2.10. The van der Waals surface area contributed by atoms with Crippen LogP contribution in [0, 0.1) is 11.3 Å². The summed E-state index contributed by atoms with van der Waals surface area (Å²) in [7, 11) is 0. The predicted molar refractivity (Wildman–Crippen MR) is 93.1 cm³/mol. The Labute approximate surface area is 147 Å². The highest BCUT2D eigenvalue weighted by molar-refractivity contribution is 7.16. The Hall–Kier alpha value is -3.18. The van der Waals surface area contributed by atoms with Gasteiger partial charge in [-0.05, 0) is 35.8 Å². The number of anilines is 1. The fourth-order valence-electron chi connectivity index (χ4n) is 2.57. The van der Waals surface area contributed by atoms with E-state index >= 15 is 0 Å². The van der Waals surface area contributed by atoms with Gasteiger partial charge in [0.25, 0.3) is 0 Å². The van der Waals surface area contributed by atoms with Crippen molar-refractivity contribution in [3.05, 3.63) is 52.2 Å². The maximum atomic E-state index is 12.1. The molecule has 0 saturated heterocycles. The molecule has 0 saturated carbocycles. The molecule has 0 atom stereocenters. The third kappa shape index (κ3) is 3.67. The summed E-state index contributed by atoms with van der Waals surface area (Å²) in [6, 6.07) is 5.67. The van der Waals surface area contributed by atoms with Gasteiger partial charge in [-0.15, -0.1) is 11.3 Å². The molecule has 7 nitrogen and oxygen atoms in total. The van der Waals surface area contributed by atoms with Crippen molar-refractivity contribution in [2.24, 2.45) is 0 Å². The number of thiophene rings is 1. The third-order valence-electron chi connectivity index (χ3n) is 3.81. The molecule has 1 aliphatic rings. The van der Waals surface area contributed by atoms with Crippen molar-refractivity contribution in [1.82, 2.24) is 9.88 Å². The number of rotatable bonds is 3. The van der Waals surface area contributed by atoms with Crippen molar-refractivity contribution >= 4 is 34.4 Å². The zero-order chi connectivity index (χ0) is 17.8. The van der Waals surface area contributed by atoms with Crippen LogP contribution in [-0.2, 0) is 17.8 Å². The van der Waals surface area contributed by atoms with E-state index in [1.807, 2.05) is 0 Å². The molecule has 2 N–H and O–H groups in total. The number of nitriles is 1. The van der Waals surface area contributed by atoms with E-state index in [0.29, 0.717) is 23.5 Å². The lowest BCUT2D eigenvalue weighted by atomic mass is 10.0. The van der Waals surface area contributed by atoms with Crippen molar-refractivity contribution in [2.75, 3.05) is 11.9 Å². The van der Waals surface area contributed by atoms with E-state index in [1.54, 1.807) is 30.6 Å². The molecule has 2 aromatic rings. The molecular weight excluding hydrogens is 340 g/mol. The second kappa shape index (κ2) is 7.15. The first-order valence-corrected chi connectivity index (χ1v) is 8.31. The summed E-state index contributed by atoms with van der Waals surface area (Å²) in [5, 5.41) is 21.7. The Morgan fingerprint density at radius 3 is 2.84 bits per heavy atom. The number of carbonyl (C=O) groups excluding carboxylic acids is 1. The number of nitrogens with one attached hydrogen (secondary N) is 1. The van der Waals surface area contributed by atoms with E-state index in [-0.39, 0.29) is 12.5 Å². The number of hydrogen-bond acceptors (Lipinski definition) is 5. The average molecular weight is 354 g/mol. The molecule has 0 spiro atoms. The van der Waals surface area contributed by atoms with Crippen molar-refractivity contribution < 1.29 is 14.7 Å². The number of fused-ring (bicyclic) bond motifs is 1. The number of aromatic nitrogens is 1. The van der Waals surface area contributed by atoms with Gasteiger partial charge in [-0.25, -0.2) is 4.79 Å². The summed E-state index contributed by atoms with van der Waals surface area (Å²) in [4.78, 5) is 29.2. The summed E-state index contributed by atoms with van der Waals surface area (Å²) < 4.78 is 0. The van der Waals surface area contributed by atoms with E-state index in [2.05, 4.69) is 16.4 Å². The molecule has 25 heavy (non-hydrogen) atoms. The van der Waals surface area contributed by atoms with Crippen molar-refractivity contribution in [2.45, 2.75) is 13.0 Å². The monoisotopic (exact) mass is 354 g/mol. The smallest absolute Gasteiger partial charge is 0.407 e. The van der Waals surface area contributed by atoms with E-state index in [9.17, 15) is 14.9 Å². The lowest BCUT2D eigenvalue weighted by Gasteiger charge is -2.23. The topological polar surface area (TPSA) is 106 Å². The molecular formula is C17H14N4O3S. The summed E-state index contributed by atoms with van der Waals surface area (Å²) >= 11 is 1.25. The molecule has 1 aliphatic heterocycles. The Balaban J connectivity index is 1.77. The second-order valence-corrected chi connectivity index (χ2v) is 6.48. The molecule has 126 valence electrons. The van der Waals surface area contributed by atoms with Crippen molar-refractivity contribution in [3.8, 4) is 6.07 Å². The van der Waals surface area contributed by atoms with Crippen molar-refractivity contribution in [3.63, 3.8) is 0 Å². The molecule has 0 aliphatic carbocycles. The van der Waals surface area contributed by atoms with Gasteiger partial charge >= 0.3 is 6.09 Å². The van der Waals surface area contributed by atoms with Crippen LogP contribution in [-0.4, -0.2) is 33.5 Å². The number of amides is 2. The first-order valence-electron chi connectivity index (χ1n) is 7.50. The van der Waals surface area contributed by atoms with Gasteiger partial charge in [-0.1, -0.05) is 0 Å². The van der Waals surface area contributed by atoms with Crippen LogP contribution in [0.3, 0.4) is 0 Å². The fraction of sp³-hybridized carbons (Fsp3) is 0.176. The van der Waals surface area contributed by atoms with Gasteiger partial charge in [0.05, 0.1) is 12.1 Å². The van der Waals surface area contributed by atoms with E-state index in [4.69, 9.17) is 5.11 Å². The summed E-state index contributed by atoms with van der Waals surface area (Å²) in [5.74, 6) is -0.345. The molecule has 8 heteroatoms. The number of carbonyl (C=O) groups is 2. The standard InChI is InChI=1S/C17H14N4O3S/c18-9-13-12-5-8-21(17(23)24)10-14(12)25-16(13)20-15(22)2-1-11-3-6-19-7-4-11/h1-4,6-7H,5,8,10H2,(H,20,22)(H,23,24). The van der Waals surface area contributed by atoms with Gasteiger partial charge in [0.15, 0.2) is 0 Å². The quantitative estimate of drug-likeness (QED) is 0.824. The van der Waals surface area contributed by atoms with Crippen LogP contribution in [0.4, 0.5) is 9.80 Å². The highest BCUT2D eigenvalue weighted by Crippen LogP contribution is 2.36. The van der Waals surface area contributed by atoms with Crippen molar-refractivity contribution in [1.29, 1.82) is 5.26 Å². The van der Waals surface area contributed by atoms with Crippen LogP contribution >= 0.6 is 11.3 Å². The SMILES string of the molecule is N#Cc1c(NC(=O)C=Cc2ccncc2)sc2c1CCN(C(=O)O)C2. The fourth-order valence-corrected chi connectivity index (χ4v) is 3.79. The number of nitrogens with zero attached hydrogens (tertiary/aromatic N) is 3. The number of hydrogen-bond donors (Lipinski definition) is 2. The van der Waals surface area contributed by atoms with Gasteiger partial charge in [-0.3, -0.25) is 9.78 Å². The highest BCUT2D eigenvalue weighted by Gasteiger charge is 2.27. The molecule has 0 radical (unpaired) electrons. The van der Waals surface area contributed by atoms with Crippen LogP contribution in [0.25, 0.3) is 6.08 Å². The van der Waals surface area contributed by atoms with E-state index in [0.717, 1.165) is 16.0 Å². The lowest BCUT2D eigenvalue weighted by Crippen LogP contribution is -2.34. The molecule has 0 bridgehead atoms. The van der Waals surface area contributed by atoms with Crippen LogP contribution < -0.4 is 5.32 Å². The third-order valence-corrected chi connectivity index (χ3v) is 4.94. The van der Waals surface area contributed by atoms with Gasteiger partial charge < -0.3 is 15.3 Å². The Bertz CT molecular complexity index is 883. The maximum absolute atomic E-state index is 12.1. The molecule has 0 unspecified atom stereocenters. The van der Waals surface area contributed by atoms with Crippen LogP contribution in [0.2, 0.25) is 0 Å². The Kier molecular flexibility index (Phi) is 4.77. The minimum Gasteiger partial charge on any atom is -0.465 e. The minimum absolute atomic E-state index is 0.243. The summed E-state index contributed by atoms with van der Waals surface area (Å²) in [6.07, 6.45) is 5.80. The molecule has 3 heterocycles. The zero-order valence-corrected chi connectivity index (χ0v) is 13.9. The zero-order valence-electron chi connectivity index (χ0n) is 13.1. The molecule has 2 aromatic heterocycles. The lowest BCUT2D eigenvalue weighted by molar-refractivity contribution is -0.111. The highest BCUT2D eigenvalue weighted by atomic mass is 32.1. The molecule has 2 amide bonds.